The molecule has 8 nitrogen and oxygen atoms in total. The molecule has 3 rings (SSSR count). The molecule has 0 atom stereocenters. The smallest absolute Gasteiger partial charge is 0.338 e. The van der Waals surface area contributed by atoms with Gasteiger partial charge in [-0.2, -0.15) is 5.11 Å². The Morgan fingerprint density at radius 1 is 1.00 bits per heavy atom. The fourth-order valence-electron chi connectivity index (χ4n) is 2.38. The molecular formula is C22H18N4O4. The fourth-order valence-corrected chi connectivity index (χ4v) is 2.38. The quantitative estimate of drug-likeness (QED) is 0.126. The van der Waals surface area contributed by atoms with E-state index >= 15 is 0 Å². The number of esters is 1. The van der Waals surface area contributed by atoms with E-state index in [-0.39, 0.29) is 17.0 Å². The summed E-state index contributed by atoms with van der Waals surface area (Å²) in [5.41, 5.74) is 2.51. The molecule has 0 bridgehead atoms. The van der Waals surface area contributed by atoms with E-state index in [2.05, 4.69) is 22.1 Å². The first-order valence-electron chi connectivity index (χ1n) is 8.92. The molecule has 0 saturated carbocycles. The number of rotatable bonds is 7. The van der Waals surface area contributed by atoms with Gasteiger partial charge in [-0.05, 0) is 43.3 Å². The number of nitrogens with zero attached hydrogens (tertiary/aromatic N) is 3. The number of para-hydroxylation sites is 1. The van der Waals surface area contributed by atoms with Crippen molar-refractivity contribution in [2.24, 2.45) is 10.2 Å². The summed E-state index contributed by atoms with van der Waals surface area (Å²) in [6, 6.07) is 20.2. The topological polar surface area (TPSA) is 106 Å². The Bertz CT molecular complexity index is 1110. The third-order valence-corrected chi connectivity index (χ3v) is 3.91. The maximum absolute atomic E-state index is 12.0. The first-order valence-corrected chi connectivity index (χ1v) is 8.92. The standard InChI is InChI=1S/C22H18N4O4/c1-15(2)22(27)30-21-14-18(23-16-6-4-3-5-7-16)10-13-20(21)25-24-17-8-11-19(12-9-17)26(28)29/h3-14,23H,1H2,2H3. The maximum atomic E-state index is 12.0. The van der Waals surface area contributed by atoms with E-state index < -0.39 is 10.9 Å². The number of hydrogen-bond donors (Lipinski definition) is 1. The molecule has 0 unspecified atom stereocenters. The summed E-state index contributed by atoms with van der Waals surface area (Å²) in [6.07, 6.45) is 0. The van der Waals surface area contributed by atoms with E-state index in [1.165, 1.54) is 24.3 Å². The lowest BCUT2D eigenvalue weighted by molar-refractivity contribution is -0.384. The van der Waals surface area contributed by atoms with Gasteiger partial charge in [-0.15, -0.1) is 5.11 Å². The van der Waals surface area contributed by atoms with Gasteiger partial charge in [-0.1, -0.05) is 24.8 Å². The van der Waals surface area contributed by atoms with Crippen molar-refractivity contribution in [2.45, 2.75) is 6.92 Å². The average Bonchev–Trinajstić information content (AvgIpc) is 2.74. The predicted octanol–water partition coefficient (Wildman–Crippen LogP) is 6.24. The van der Waals surface area contributed by atoms with Crippen molar-refractivity contribution in [2.75, 3.05) is 5.32 Å². The largest absolute Gasteiger partial charge is 0.421 e. The van der Waals surface area contributed by atoms with Gasteiger partial charge in [0.25, 0.3) is 5.69 Å². The van der Waals surface area contributed by atoms with Crippen molar-refractivity contribution in [3.8, 4) is 5.75 Å². The number of carbonyl (C=O) groups is 1. The van der Waals surface area contributed by atoms with Crippen LogP contribution in [0.3, 0.4) is 0 Å². The van der Waals surface area contributed by atoms with Crippen molar-refractivity contribution in [3.05, 3.63) is 95.1 Å². The third kappa shape index (κ3) is 5.35. The third-order valence-electron chi connectivity index (χ3n) is 3.91. The lowest BCUT2D eigenvalue weighted by atomic mass is 10.2. The van der Waals surface area contributed by atoms with Gasteiger partial charge in [0, 0.05) is 35.1 Å². The van der Waals surface area contributed by atoms with E-state index in [9.17, 15) is 14.9 Å². The van der Waals surface area contributed by atoms with Crippen molar-refractivity contribution in [1.29, 1.82) is 0 Å². The minimum atomic E-state index is -0.585. The highest BCUT2D eigenvalue weighted by molar-refractivity contribution is 5.89. The summed E-state index contributed by atoms with van der Waals surface area (Å²) >= 11 is 0. The first-order chi connectivity index (χ1) is 14.4. The minimum absolute atomic E-state index is 0.0404. The van der Waals surface area contributed by atoms with Crippen LogP contribution in [0.25, 0.3) is 0 Å². The minimum Gasteiger partial charge on any atom is -0.421 e. The summed E-state index contributed by atoms with van der Waals surface area (Å²) < 4.78 is 5.40. The van der Waals surface area contributed by atoms with Gasteiger partial charge in [-0.25, -0.2) is 4.79 Å². The zero-order valence-corrected chi connectivity index (χ0v) is 16.1. The molecule has 30 heavy (non-hydrogen) atoms. The maximum Gasteiger partial charge on any atom is 0.338 e. The van der Waals surface area contributed by atoms with Crippen LogP contribution in [0.15, 0.2) is 95.2 Å². The number of non-ortho nitro benzene ring substituents is 1. The van der Waals surface area contributed by atoms with Crippen LogP contribution in [-0.2, 0) is 4.79 Å². The Kier molecular flexibility index (Phi) is 6.29. The van der Waals surface area contributed by atoms with Crippen molar-refractivity contribution >= 4 is 34.4 Å². The van der Waals surface area contributed by atoms with Gasteiger partial charge in [0.1, 0.15) is 5.69 Å². The summed E-state index contributed by atoms with van der Waals surface area (Å²) in [7, 11) is 0. The number of carbonyl (C=O) groups excluding carboxylic acids is 1. The Labute approximate surface area is 172 Å². The molecule has 0 saturated heterocycles. The lowest BCUT2D eigenvalue weighted by Crippen LogP contribution is -2.08. The van der Waals surface area contributed by atoms with E-state index in [0.29, 0.717) is 17.1 Å². The predicted molar refractivity (Wildman–Crippen MR) is 114 cm³/mol. The Hall–Kier alpha value is -4.33. The molecule has 0 heterocycles. The number of anilines is 2. The molecule has 0 aromatic heterocycles. The first kappa shape index (κ1) is 20.4. The van der Waals surface area contributed by atoms with Crippen molar-refractivity contribution in [1.82, 2.24) is 0 Å². The number of nitrogens with one attached hydrogen (secondary N) is 1. The van der Waals surface area contributed by atoms with Crippen molar-refractivity contribution in [3.63, 3.8) is 0 Å². The number of nitro benzene ring substituents is 1. The Morgan fingerprint density at radius 3 is 2.33 bits per heavy atom. The van der Waals surface area contributed by atoms with Crippen LogP contribution < -0.4 is 10.1 Å². The van der Waals surface area contributed by atoms with Gasteiger partial charge in [0.15, 0.2) is 5.75 Å². The number of benzene rings is 3. The molecule has 8 heteroatoms. The van der Waals surface area contributed by atoms with Gasteiger partial charge >= 0.3 is 5.97 Å². The molecule has 0 radical (unpaired) electrons. The molecule has 3 aromatic rings. The summed E-state index contributed by atoms with van der Waals surface area (Å²) in [6.45, 7) is 5.14. The van der Waals surface area contributed by atoms with E-state index in [1.807, 2.05) is 30.3 Å². The second-order valence-electron chi connectivity index (χ2n) is 6.32. The number of nitro groups is 1. The van der Waals surface area contributed by atoms with Crippen LogP contribution in [0.4, 0.5) is 28.4 Å². The molecule has 0 aliphatic carbocycles. The highest BCUT2D eigenvalue weighted by Crippen LogP contribution is 2.34. The summed E-state index contributed by atoms with van der Waals surface area (Å²) in [5.74, 6) is -0.381. The molecule has 0 aliphatic rings. The molecule has 0 spiro atoms. The van der Waals surface area contributed by atoms with Gasteiger partial charge < -0.3 is 10.1 Å². The van der Waals surface area contributed by atoms with Gasteiger partial charge in [-0.3, -0.25) is 10.1 Å². The van der Waals surface area contributed by atoms with Crippen LogP contribution in [0.5, 0.6) is 5.75 Å². The van der Waals surface area contributed by atoms with Crippen LogP contribution >= 0.6 is 0 Å². The second kappa shape index (κ2) is 9.24. The van der Waals surface area contributed by atoms with Crippen LogP contribution in [0.2, 0.25) is 0 Å². The van der Waals surface area contributed by atoms with Gasteiger partial charge in [0.05, 0.1) is 10.6 Å². The molecule has 1 N–H and O–H groups in total. The SMILES string of the molecule is C=C(C)C(=O)Oc1cc(Nc2ccccc2)ccc1N=Nc1ccc([N+](=O)[O-])cc1. The zero-order chi connectivity index (χ0) is 21.5. The zero-order valence-electron chi connectivity index (χ0n) is 16.1. The molecule has 0 aliphatic heterocycles. The van der Waals surface area contributed by atoms with E-state index in [0.717, 1.165) is 5.69 Å². The number of ether oxygens (including phenoxy) is 1. The van der Waals surface area contributed by atoms with Crippen LogP contribution in [0.1, 0.15) is 6.92 Å². The number of azo groups is 1. The Morgan fingerprint density at radius 2 is 1.70 bits per heavy atom. The molecule has 0 amide bonds. The normalized spacial score (nSPS) is 10.6. The van der Waals surface area contributed by atoms with Crippen LogP contribution in [-0.4, -0.2) is 10.9 Å². The van der Waals surface area contributed by atoms with Crippen molar-refractivity contribution < 1.29 is 14.5 Å². The monoisotopic (exact) mass is 402 g/mol. The van der Waals surface area contributed by atoms with E-state index in [1.54, 1.807) is 25.1 Å². The summed E-state index contributed by atoms with van der Waals surface area (Å²) in [5, 5.41) is 22.2. The average molecular weight is 402 g/mol. The van der Waals surface area contributed by atoms with Crippen LogP contribution in [0, 0.1) is 10.1 Å². The highest BCUT2D eigenvalue weighted by Gasteiger charge is 2.12. The second-order valence-corrected chi connectivity index (χ2v) is 6.32. The Balaban J connectivity index is 1.88. The fraction of sp³-hybridized carbons (Fsp3) is 0.0455. The van der Waals surface area contributed by atoms with Gasteiger partial charge in [0.2, 0.25) is 0 Å². The molecular weight excluding hydrogens is 384 g/mol. The summed E-state index contributed by atoms with van der Waals surface area (Å²) in [4.78, 5) is 22.3. The molecule has 0 fully saturated rings. The molecule has 150 valence electrons. The molecule has 3 aromatic carbocycles. The number of hydrogen-bond acceptors (Lipinski definition) is 7. The lowest BCUT2D eigenvalue weighted by Gasteiger charge is -2.11. The highest BCUT2D eigenvalue weighted by atomic mass is 16.6. The van der Waals surface area contributed by atoms with E-state index in [4.69, 9.17) is 4.74 Å².